The molecule has 1 amide bonds. The number of phenols is 1. The van der Waals surface area contributed by atoms with Gasteiger partial charge in [0.05, 0.1) is 24.1 Å². The van der Waals surface area contributed by atoms with Gasteiger partial charge in [0.25, 0.3) is 5.91 Å². The predicted molar refractivity (Wildman–Crippen MR) is 130 cm³/mol. The number of phenolic OH excluding ortho intramolecular Hbond substituents is 1. The van der Waals surface area contributed by atoms with Gasteiger partial charge >= 0.3 is 0 Å². The summed E-state index contributed by atoms with van der Waals surface area (Å²) in [6.07, 6.45) is 0.588. The van der Waals surface area contributed by atoms with Crippen LogP contribution in [0.3, 0.4) is 0 Å². The molecule has 34 heavy (non-hydrogen) atoms. The Morgan fingerprint density at radius 2 is 1.74 bits per heavy atom. The van der Waals surface area contributed by atoms with Gasteiger partial charge in [-0.15, -0.1) is 0 Å². The number of carbonyl (C=O) groups is 1. The van der Waals surface area contributed by atoms with Crippen LogP contribution in [0, 0.1) is 13.8 Å². The summed E-state index contributed by atoms with van der Waals surface area (Å²) in [7, 11) is 1.62. The second kappa shape index (κ2) is 8.37. The van der Waals surface area contributed by atoms with Crippen molar-refractivity contribution in [3.05, 3.63) is 104 Å². The van der Waals surface area contributed by atoms with Crippen molar-refractivity contribution in [1.82, 2.24) is 4.90 Å². The first-order chi connectivity index (χ1) is 16.4. The van der Waals surface area contributed by atoms with Crippen molar-refractivity contribution in [3.8, 4) is 11.5 Å². The fourth-order valence-electron chi connectivity index (χ4n) is 4.59. The summed E-state index contributed by atoms with van der Waals surface area (Å²) in [5.41, 5.74) is 4.18. The molecule has 0 saturated carbocycles. The van der Waals surface area contributed by atoms with E-state index in [0.29, 0.717) is 35.1 Å². The van der Waals surface area contributed by atoms with Crippen LogP contribution in [0.5, 0.6) is 11.5 Å². The van der Waals surface area contributed by atoms with Crippen LogP contribution in [-0.2, 0) is 6.42 Å². The van der Waals surface area contributed by atoms with Crippen molar-refractivity contribution in [3.63, 3.8) is 0 Å². The molecule has 0 saturated heterocycles. The number of ether oxygens (including phenoxy) is 1. The highest BCUT2D eigenvalue weighted by Crippen LogP contribution is 2.39. The van der Waals surface area contributed by atoms with Gasteiger partial charge in [-0.05, 0) is 78.9 Å². The van der Waals surface area contributed by atoms with Crippen LogP contribution in [0.2, 0.25) is 0 Å². The number of aromatic hydroxyl groups is 1. The van der Waals surface area contributed by atoms with Crippen LogP contribution in [0.15, 0.2) is 69.9 Å². The maximum atomic E-state index is 13.7. The molecule has 0 fully saturated rings. The predicted octanol–water partition coefficient (Wildman–Crippen LogP) is 4.91. The first-order valence-electron chi connectivity index (χ1n) is 11.2. The van der Waals surface area contributed by atoms with Gasteiger partial charge in [-0.3, -0.25) is 9.59 Å². The van der Waals surface area contributed by atoms with Crippen molar-refractivity contribution in [2.45, 2.75) is 26.3 Å². The Bertz CT molecular complexity index is 1470. The SMILES string of the molecule is COc1ccc(CCN2C(=O)c3oc4cc(C)c(C)cc4c(=O)c3[C@@H]2c2cccc(O)c2)cc1. The zero-order chi connectivity index (χ0) is 24.0. The molecule has 0 bridgehead atoms. The highest BCUT2D eigenvalue weighted by molar-refractivity contribution is 5.99. The number of aryl methyl sites for hydroxylation is 2. The Morgan fingerprint density at radius 3 is 2.44 bits per heavy atom. The lowest BCUT2D eigenvalue weighted by molar-refractivity contribution is 0.0730. The number of benzene rings is 3. The summed E-state index contributed by atoms with van der Waals surface area (Å²) in [5.74, 6) is 0.584. The average molecular weight is 456 g/mol. The van der Waals surface area contributed by atoms with Crippen LogP contribution in [-0.4, -0.2) is 29.6 Å². The normalized spacial score (nSPS) is 15.1. The van der Waals surface area contributed by atoms with Crippen molar-refractivity contribution in [1.29, 1.82) is 0 Å². The van der Waals surface area contributed by atoms with Gasteiger partial charge in [0, 0.05) is 6.54 Å². The van der Waals surface area contributed by atoms with E-state index in [4.69, 9.17) is 9.15 Å². The maximum Gasteiger partial charge on any atom is 0.290 e. The molecule has 6 nitrogen and oxygen atoms in total. The van der Waals surface area contributed by atoms with Crippen molar-refractivity contribution >= 4 is 16.9 Å². The zero-order valence-corrected chi connectivity index (χ0v) is 19.3. The zero-order valence-electron chi connectivity index (χ0n) is 19.3. The third-order valence-electron chi connectivity index (χ3n) is 6.57. The monoisotopic (exact) mass is 455 g/mol. The summed E-state index contributed by atoms with van der Waals surface area (Å²) in [6, 6.07) is 17.4. The van der Waals surface area contributed by atoms with Crippen molar-refractivity contribution in [2.24, 2.45) is 0 Å². The maximum absolute atomic E-state index is 13.7. The Balaban J connectivity index is 1.62. The van der Waals surface area contributed by atoms with Crippen LogP contribution >= 0.6 is 0 Å². The number of methoxy groups -OCH3 is 1. The topological polar surface area (TPSA) is 80.0 Å². The minimum atomic E-state index is -0.643. The van der Waals surface area contributed by atoms with E-state index >= 15 is 0 Å². The Morgan fingerprint density at radius 1 is 1.00 bits per heavy atom. The molecule has 0 unspecified atom stereocenters. The molecule has 6 heteroatoms. The van der Waals surface area contributed by atoms with Crippen LogP contribution in [0.4, 0.5) is 0 Å². The lowest BCUT2D eigenvalue weighted by Crippen LogP contribution is -2.31. The molecule has 0 radical (unpaired) electrons. The van der Waals surface area contributed by atoms with Gasteiger partial charge in [0.2, 0.25) is 5.76 Å². The molecular weight excluding hydrogens is 430 g/mol. The number of carbonyl (C=O) groups excluding carboxylic acids is 1. The lowest BCUT2D eigenvalue weighted by Gasteiger charge is -2.25. The summed E-state index contributed by atoms with van der Waals surface area (Å²) >= 11 is 0. The first kappa shape index (κ1) is 21.8. The van der Waals surface area contributed by atoms with E-state index in [1.807, 2.05) is 56.3 Å². The number of nitrogens with zero attached hydrogens (tertiary/aromatic N) is 1. The van der Waals surface area contributed by atoms with Gasteiger partial charge in [-0.1, -0.05) is 24.3 Å². The third-order valence-corrected chi connectivity index (χ3v) is 6.57. The molecule has 3 aromatic carbocycles. The highest BCUT2D eigenvalue weighted by atomic mass is 16.5. The Labute approximate surface area is 197 Å². The van der Waals surface area contributed by atoms with Gasteiger partial charge in [-0.2, -0.15) is 0 Å². The molecule has 1 aliphatic heterocycles. The second-order valence-corrected chi connectivity index (χ2v) is 8.70. The van der Waals surface area contributed by atoms with Crippen molar-refractivity contribution < 1.29 is 19.1 Å². The molecule has 1 atom stereocenters. The molecule has 1 N–H and O–H groups in total. The van der Waals surface area contributed by atoms with Gasteiger partial charge in [-0.25, -0.2) is 0 Å². The minimum Gasteiger partial charge on any atom is -0.508 e. The van der Waals surface area contributed by atoms with E-state index in [0.717, 1.165) is 22.4 Å². The van der Waals surface area contributed by atoms with E-state index in [-0.39, 0.29) is 22.8 Å². The van der Waals surface area contributed by atoms with E-state index in [2.05, 4.69) is 0 Å². The smallest absolute Gasteiger partial charge is 0.290 e. The third kappa shape index (κ3) is 3.61. The number of amides is 1. The second-order valence-electron chi connectivity index (χ2n) is 8.70. The molecule has 1 aromatic heterocycles. The average Bonchev–Trinajstić information content (AvgIpc) is 3.11. The molecule has 172 valence electrons. The van der Waals surface area contributed by atoms with E-state index in [9.17, 15) is 14.7 Å². The Hall–Kier alpha value is -4.06. The number of rotatable bonds is 5. The van der Waals surface area contributed by atoms with Gasteiger partial charge in [0.15, 0.2) is 5.43 Å². The molecule has 4 aromatic rings. The first-order valence-corrected chi connectivity index (χ1v) is 11.2. The molecule has 5 rings (SSSR count). The number of fused-ring (bicyclic) bond motifs is 2. The van der Waals surface area contributed by atoms with E-state index in [1.54, 1.807) is 30.2 Å². The van der Waals surface area contributed by atoms with Crippen LogP contribution < -0.4 is 10.2 Å². The molecular formula is C28H25NO5. The highest BCUT2D eigenvalue weighted by Gasteiger charge is 2.42. The quantitative estimate of drug-likeness (QED) is 0.462. The lowest BCUT2D eigenvalue weighted by atomic mass is 9.97. The summed E-state index contributed by atoms with van der Waals surface area (Å²) in [5, 5.41) is 10.6. The molecule has 0 spiro atoms. The number of hydrogen-bond donors (Lipinski definition) is 1. The molecule has 0 aliphatic carbocycles. The fraction of sp³-hybridized carbons (Fsp3) is 0.214. The number of hydrogen-bond acceptors (Lipinski definition) is 5. The van der Waals surface area contributed by atoms with E-state index < -0.39 is 6.04 Å². The minimum absolute atomic E-state index is 0.0730. The Kier molecular flexibility index (Phi) is 5.36. The summed E-state index contributed by atoms with van der Waals surface area (Å²) in [4.78, 5) is 28.9. The van der Waals surface area contributed by atoms with Crippen molar-refractivity contribution in [2.75, 3.05) is 13.7 Å². The summed E-state index contributed by atoms with van der Waals surface area (Å²) < 4.78 is 11.3. The van der Waals surface area contributed by atoms with Crippen LogP contribution in [0.1, 0.15) is 44.4 Å². The summed E-state index contributed by atoms with van der Waals surface area (Å²) in [6.45, 7) is 4.27. The van der Waals surface area contributed by atoms with Gasteiger partial charge < -0.3 is 19.2 Å². The standard InChI is InChI=1S/C28H25NO5/c1-16-13-22-23(14-17(16)2)34-27-24(26(22)31)25(19-5-4-6-20(30)15-19)29(28(27)32)12-11-18-7-9-21(33-3)10-8-18/h4-10,13-15,25,30H,11-12H2,1-3H3/t25-/m0/s1. The fourth-order valence-corrected chi connectivity index (χ4v) is 4.59. The largest absolute Gasteiger partial charge is 0.508 e. The molecule has 2 heterocycles. The van der Waals surface area contributed by atoms with Gasteiger partial charge in [0.1, 0.15) is 17.1 Å². The van der Waals surface area contributed by atoms with E-state index in [1.165, 1.54) is 0 Å². The molecule has 1 aliphatic rings. The van der Waals surface area contributed by atoms with Crippen LogP contribution in [0.25, 0.3) is 11.0 Å².